The van der Waals surface area contributed by atoms with E-state index in [0.29, 0.717) is 0 Å². The minimum absolute atomic E-state index is 0. The summed E-state index contributed by atoms with van der Waals surface area (Å²) in [6.07, 6.45) is 3.76. The van der Waals surface area contributed by atoms with Gasteiger partial charge in [0.15, 0.2) is 0 Å². The van der Waals surface area contributed by atoms with Gasteiger partial charge in [0, 0.05) is 0 Å². The van der Waals surface area contributed by atoms with E-state index in [1.807, 2.05) is 12.1 Å². The molecule has 0 amide bonds. The minimum Gasteiger partial charge on any atom is -0.488 e. The van der Waals surface area contributed by atoms with Gasteiger partial charge in [0.1, 0.15) is 11.9 Å². The maximum Gasteiger partial charge on any atom is 0.124 e. The van der Waals surface area contributed by atoms with Gasteiger partial charge in [0.05, 0.1) is 29.8 Å². The van der Waals surface area contributed by atoms with Crippen LogP contribution in [0.1, 0.15) is 52.0 Å². The third-order valence-corrected chi connectivity index (χ3v) is 3.68. The largest absolute Gasteiger partial charge is 0.488 e. The molecule has 2 rings (SSSR count). The summed E-state index contributed by atoms with van der Waals surface area (Å²) in [6, 6.07) is 8.26. The summed E-state index contributed by atoms with van der Waals surface area (Å²) in [5.74, 6) is 0.869. The van der Waals surface area contributed by atoms with E-state index in [1.165, 1.54) is 5.56 Å². The number of hydrogen-bond acceptors (Lipinski definition) is 3. The number of ether oxygens (including phenoxy) is 1. The number of hydrogen-bond donors (Lipinski definition) is 1. The molecule has 6 heteroatoms. The van der Waals surface area contributed by atoms with E-state index in [0.717, 1.165) is 31.4 Å². The molecule has 0 aliphatic heterocycles. The van der Waals surface area contributed by atoms with Crippen LogP contribution < -0.4 is 4.74 Å². The predicted octanol–water partition coefficient (Wildman–Crippen LogP) is 5.09. The molecule has 1 aliphatic rings. The molecule has 0 radical (unpaired) electrons. The van der Waals surface area contributed by atoms with Crippen molar-refractivity contribution in [3.63, 3.8) is 0 Å². The van der Waals surface area contributed by atoms with Gasteiger partial charge in [-0.3, -0.25) is 0 Å². The predicted molar refractivity (Wildman–Crippen MR) is 97.2 cm³/mol. The smallest absolute Gasteiger partial charge is 0.124 e. The second-order valence-electron chi connectivity index (χ2n) is 6.34. The van der Waals surface area contributed by atoms with Crippen LogP contribution in [0.4, 0.5) is 0 Å². The van der Waals surface area contributed by atoms with Crippen molar-refractivity contribution in [2.24, 2.45) is 0 Å². The molecular weight excluding hydrogens is 343 g/mol. The number of benzene rings is 1. The highest BCUT2D eigenvalue weighted by Crippen LogP contribution is 2.27. The van der Waals surface area contributed by atoms with Crippen molar-refractivity contribution in [3.8, 4) is 5.75 Å². The van der Waals surface area contributed by atoms with Gasteiger partial charge in [-0.05, 0) is 42.4 Å². The minimum atomic E-state index is -0.305. The summed E-state index contributed by atoms with van der Waals surface area (Å²) >= 11 is 8.53. The van der Waals surface area contributed by atoms with Crippen LogP contribution in [0, 0.1) is 0 Å². The number of aliphatic hydroxyl groups is 1. The molecule has 2 atom stereocenters. The van der Waals surface area contributed by atoms with E-state index in [-0.39, 0.29) is 31.1 Å². The highest BCUT2D eigenvalue weighted by molar-refractivity contribution is 7.59. The normalized spacial score (nSPS) is 21.2. The van der Waals surface area contributed by atoms with Crippen molar-refractivity contribution in [2.45, 2.75) is 64.1 Å². The summed E-state index contributed by atoms with van der Waals surface area (Å²) in [5.41, 5.74) is 1.47. The molecule has 1 aliphatic carbocycles. The van der Waals surface area contributed by atoms with Crippen molar-refractivity contribution in [2.75, 3.05) is 0 Å². The van der Waals surface area contributed by atoms with Gasteiger partial charge in [-0.25, -0.2) is 0 Å². The van der Waals surface area contributed by atoms with Crippen LogP contribution in [0.2, 0.25) is 0 Å². The van der Waals surface area contributed by atoms with E-state index in [1.54, 1.807) is 0 Å². The van der Waals surface area contributed by atoms with Gasteiger partial charge in [0.25, 0.3) is 0 Å². The Hall–Kier alpha value is -0.130. The van der Waals surface area contributed by atoms with Gasteiger partial charge < -0.3 is 9.84 Å². The average molecular weight is 369 g/mol. The second-order valence-corrected chi connectivity index (χ2v) is 6.81. The topological polar surface area (TPSA) is 38.7 Å². The van der Waals surface area contributed by atoms with Crippen molar-refractivity contribution in [3.05, 3.63) is 29.8 Å². The summed E-state index contributed by atoms with van der Waals surface area (Å²) in [4.78, 5) is 0. The number of rotatable bonds is 2. The second kappa shape index (κ2) is 10.6. The Bertz CT molecular complexity index is 407. The number of aliphatic hydroxyl groups excluding tert-OH is 1. The molecule has 0 spiro atoms. The first-order chi connectivity index (χ1) is 9.88. The molecule has 1 N–H and O–H groups in total. The first-order valence-corrected chi connectivity index (χ1v) is 7.85. The fourth-order valence-corrected chi connectivity index (χ4v) is 2.42. The Morgan fingerprint density at radius 2 is 1.55 bits per heavy atom. The maximum atomic E-state index is 9.89. The van der Waals surface area contributed by atoms with Crippen LogP contribution >= 0.6 is 37.2 Å². The zero-order chi connectivity index (χ0) is 15.9. The van der Waals surface area contributed by atoms with Gasteiger partial charge >= 0.3 is 0 Å². The summed E-state index contributed by atoms with van der Waals surface area (Å²) < 4.78 is 9.08. The van der Waals surface area contributed by atoms with E-state index in [2.05, 4.69) is 60.5 Å². The van der Waals surface area contributed by atoms with E-state index < -0.39 is 0 Å². The van der Waals surface area contributed by atoms with Crippen LogP contribution in [0.25, 0.3) is 0 Å². The molecule has 0 saturated heterocycles. The molecule has 1 aromatic carbocycles. The number of halogens is 2. The molecule has 128 valence electrons. The molecule has 2 unspecified atom stereocenters. The van der Waals surface area contributed by atoms with Crippen LogP contribution in [0.3, 0.4) is 0 Å². The first-order valence-electron chi connectivity index (χ1n) is 7.23. The lowest BCUT2D eigenvalue weighted by Crippen LogP contribution is -2.34. The van der Waals surface area contributed by atoms with Gasteiger partial charge in [0.2, 0.25) is 0 Å². The first kappa shape index (κ1) is 21.9. The van der Waals surface area contributed by atoms with E-state index >= 15 is 0 Å². The molecule has 1 aromatic rings. The fraction of sp³-hybridized carbons (Fsp3) is 0.625. The van der Waals surface area contributed by atoms with Crippen molar-refractivity contribution in [1.29, 1.82) is 0 Å². The molecular formula is C16H26Cl2O3S. The third kappa shape index (κ3) is 7.42. The zero-order valence-electron chi connectivity index (χ0n) is 13.3. The van der Waals surface area contributed by atoms with E-state index in [9.17, 15) is 5.11 Å². The fourth-order valence-electron chi connectivity index (χ4n) is 2.42. The Morgan fingerprint density at radius 1 is 1.05 bits per heavy atom. The molecule has 1 saturated carbocycles. The molecule has 1 fully saturated rings. The van der Waals surface area contributed by atoms with E-state index in [4.69, 9.17) is 4.74 Å². The van der Waals surface area contributed by atoms with Crippen molar-refractivity contribution >= 4 is 37.2 Å². The van der Waals surface area contributed by atoms with Gasteiger partial charge in [-0.1, -0.05) is 39.3 Å². The van der Waals surface area contributed by atoms with Crippen LogP contribution in [-0.4, -0.2) is 17.3 Å². The Balaban J connectivity index is 0.00000102. The maximum absolute atomic E-state index is 9.89. The standard InChI is InChI=1S/C16H24O2.Cl2O.H2S/c1-16(2,3)12-8-10-13(11-9-12)18-15-7-5-4-6-14(15)17;1-3-2;/h8-11,14-15,17H,4-7H2,1-3H3;;1H2. The summed E-state index contributed by atoms with van der Waals surface area (Å²) in [6.45, 7) is 6.61. The van der Waals surface area contributed by atoms with Crippen LogP contribution in [-0.2, 0) is 9.26 Å². The Labute approximate surface area is 150 Å². The average Bonchev–Trinajstić information content (AvgIpc) is 2.42. The third-order valence-electron chi connectivity index (χ3n) is 3.68. The molecule has 0 aromatic heterocycles. The quantitative estimate of drug-likeness (QED) is 0.789. The van der Waals surface area contributed by atoms with Crippen LogP contribution in [0.15, 0.2) is 24.3 Å². The summed E-state index contributed by atoms with van der Waals surface area (Å²) in [7, 11) is 0. The lowest BCUT2D eigenvalue weighted by Gasteiger charge is -2.28. The van der Waals surface area contributed by atoms with Crippen molar-refractivity contribution in [1.82, 2.24) is 0 Å². The molecule has 22 heavy (non-hydrogen) atoms. The SMILES string of the molecule is CC(C)(C)c1ccc(OC2CCCCC2O)cc1.ClOCl.S. The lowest BCUT2D eigenvalue weighted by molar-refractivity contribution is 0.00686. The van der Waals surface area contributed by atoms with Crippen molar-refractivity contribution < 1.29 is 13.7 Å². The van der Waals surface area contributed by atoms with Crippen LogP contribution in [0.5, 0.6) is 5.75 Å². The lowest BCUT2D eigenvalue weighted by atomic mass is 9.87. The highest BCUT2D eigenvalue weighted by atomic mass is 35.6. The van der Waals surface area contributed by atoms with Gasteiger partial charge in [-0.2, -0.15) is 17.3 Å². The monoisotopic (exact) mass is 368 g/mol. The zero-order valence-corrected chi connectivity index (χ0v) is 15.8. The Kier molecular flexibility index (Phi) is 10.5. The highest BCUT2D eigenvalue weighted by Gasteiger charge is 2.24. The summed E-state index contributed by atoms with van der Waals surface area (Å²) in [5, 5.41) is 9.89. The molecule has 3 nitrogen and oxygen atoms in total. The Morgan fingerprint density at radius 3 is 2.00 bits per heavy atom. The van der Waals surface area contributed by atoms with Gasteiger partial charge in [-0.15, -0.1) is 0 Å². The molecule has 0 bridgehead atoms. The molecule has 0 heterocycles.